The summed E-state index contributed by atoms with van der Waals surface area (Å²) in [7, 11) is 0. The molecule has 0 saturated heterocycles. The van der Waals surface area contributed by atoms with Gasteiger partial charge in [-0.1, -0.05) is 0 Å². The van der Waals surface area contributed by atoms with E-state index in [1.165, 1.54) is 25.7 Å². The summed E-state index contributed by atoms with van der Waals surface area (Å²) in [4.78, 5) is 0. The van der Waals surface area contributed by atoms with Crippen LogP contribution in [-0.2, 0) is 0 Å². The van der Waals surface area contributed by atoms with Gasteiger partial charge in [0.25, 0.3) is 0 Å². The van der Waals surface area contributed by atoms with E-state index in [4.69, 9.17) is 11.5 Å². The molecule has 2 fully saturated rings. The zero-order valence-corrected chi connectivity index (χ0v) is 8.09. The Morgan fingerprint density at radius 2 is 1.91 bits per heavy atom. The van der Waals surface area contributed by atoms with Gasteiger partial charge in [-0.2, -0.15) is 0 Å². The van der Waals surface area contributed by atoms with Gasteiger partial charge in [0, 0.05) is 11.6 Å². The van der Waals surface area contributed by atoms with E-state index >= 15 is 0 Å². The lowest BCUT2D eigenvalue weighted by Crippen LogP contribution is -2.50. The number of hydrogen-bond acceptors (Lipinski definition) is 2. The largest absolute Gasteiger partial charge is 0.326 e. The predicted molar refractivity (Wildman–Crippen MR) is 51.3 cm³/mol. The Balaban J connectivity index is 0.000000500. The minimum absolute atomic E-state index is 0. The summed E-state index contributed by atoms with van der Waals surface area (Å²) in [6, 6.07) is 0.302. The van der Waals surface area contributed by atoms with Gasteiger partial charge in [-0.15, -0.1) is 24.8 Å². The lowest BCUT2D eigenvalue weighted by Gasteiger charge is -2.27. The fraction of sp³-hybridized carbons (Fsp3) is 1.00. The lowest BCUT2D eigenvalue weighted by molar-refractivity contribution is 0.361. The maximum Gasteiger partial charge on any atom is 0.0310 e. The van der Waals surface area contributed by atoms with Crippen LogP contribution in [0.5, 0.6) is 0 Å². The SMILES string of the molecule is Cl.Cl.NC1CC2CCC1(N)C2. The van der Waals surface area contributed by atoms with E-state index < -0.39 is 0 Å². The summed E-state index contributed by atoms with van der Waals surface area (Å²) in [6.07, 6.45) is 4.85. The van der Waals surface area contributed by atoms with E-state index in [-0.39, 0.29) is 30.4 Å². The van der Waals surface area contributed by atoms with Crippen molar-refractivity contribution in [2.75, 3.05) is 0 Å². The van der Waals surface area contributed by atoms with Crippen LogP contribution in [-0.4, -0.2) is 11.6 Å². The van der Waals surface area contributed by atoms with Crippen LogP contribution in [0.25, 0.3) is 0 Å². The molecule has 0 aromatic rings. The molecule has 0 radical (unpaired) electrons. The zero-order chi connectivity index (χ0) is 6.48. The molecule has 68 valence electrons. The van der Waals surface area contributed by atoms with Crippen molar-refractivity contribution in [1.29, 1.82) is 0 Å². The van der Waals surface area contributed by atoms with Crippen LogP contribution in [0.2, 0.25) is 0 Å². The van der Waals surface area contributed by atoms with E-state index in [9.17, 15) is 0 Å². The molecule has 2 nitrogen and oxygen atoms in total. The normalized spacial score (nSPS) is 46.4. The van der Waals surface area contributed by atoms with Crippen molar-refractivity contribution in [3.8, 4) is 0 Å². The molecule has 2 saturated carbocycles. The van der Waals surface area contributed by atoms with Gasteiger partial charge in [0.05, 0.1) is 0 Å². The molecular weight excluding hydrogens is 183 g/mol. The van der Waals surface area contributed by atoms with Crippen LogP contribution >= 0.6 is 24.8 Å². The number of halogens is 2. The molecule has 0 amide bonds. The Morgan fingerprint density at radius 1 is 1.27 bits per heavy atom. The van der Waals surface area contributed by atoms with Crippen LogP contribution in [0.1, 0.15) is 25.7 Å². The highest BCUT2D eigenvalue weighted by atomic mass is 35.5. The Bertz CT molecular complexity index is 142. The van der Waals surface area contributed by atoms with E-state index in [0.29, 0.717) is 6.04 Å². The van der Waals surface area contributed by atoms with Gasteiger partial charge >= 0.3 is 0 Å². The maximum atomic E-state index is 6.02. The predicted octanol–water partition coefficient (Wildman–Crippen LogP) is 1.06. The van der Waals surface area contributed by atoms with Crippen LogP contribution < -0.4 is 11.5 Å². The molecule has 2 rings (SSSR count). The molecule has 0 heterocycles. The minimum Gasteiger partial charge on any atom is -0.326 e. The van der Waals surface area contributed by atoms with Gasteiger partial charge in [0.2, 0.25) is 0 Å². The molecule has 3 unspecified atom stereocenters. The third kappa shape index (κ3) is 1.64. The molecular formula is C7H16Cl2N2. The highest BCUT2D eigenvalue weighted by molar-refractivity contribution is 5.85. The molecule has 2 aliphatic carbocycles. The fourth-order valence-corrected chi connectivity index (χ4v) is 2.35. The molecule has 0 aromatic heterocycles. The van der Waals surface area contributed by atoms with Gasteiger partial charge in [-0.3, -0.25) is 0 Å². The Kier molecular flexibility index (Phi) is 3.64. The number of nitrogens with two attached hydrogens (primary N) is 2. The highest BCUT2D eigenvalue weighted by Gasteiger charge is 2.47. The second kappa shape index (κ2) is 3.48. The Labute approximate surface area is 79.9 Å². The monoisotopic (exact) mass is 198 g/mol. The third-order valence-corrected chi connectivity index (χ3v) is 3.01. The van der Waals surface area contributed by atoms with Gasteiger partial charge in [0.15, 0.2) is 0 Å². The van der Waals surface area contributed by atoms with Crippen LogP contribution in [0, 0.1) is 5.92 Å². The van der Waals surface area contributed by atoms with Gasteiger partial charge < -0.3 is 11.5 Å². The third-order valence-electron chi connectivity index (χ3n) is 3.01. The van der Waals surface area contributed by atoms with E-state index in [1.807, 2.05) is 0 Å². The smallest absolute Gasteiger partial charge is 0.0310 e. The molecule has 2 bridgehead atoms. The Hall–Kier alpha value is 0.500. The zero-order valence-electron chi connectivity index (χ0n) is 6.45. The standard InChI is InChI=1S/C7H14N2.2ClH/c8-6-3-5-1-2-7(6,9)4-5;;/h5-6H,1-4,8-9H2;2*1H. The van der Waals surface area contributed by atoms with Crippen molar-refractivity contribution < 1.29 is 0 Å². The summed E-state index contributed by atoms with van der Waals surface area (Å²) >= 11 is 0. The highest BCUT2D eigenvalue weighted by Crippen LogP contribution is 2.44. The average Bonchev–Trinajstić information content (AvgIpc) is 2.22. The van der Waals surface area contributed by atoms with Crippen LogP contribution in [0.15, 0.2) is 0 Å². The summed E-state index contributed by atoms with van der Waals surface area (Å²) < 4.78 is 0. The van der Waals surface area contributed by atoms with Crippen molar-refractivity contribution >= 4 is 24.8 Å². The molecule has 0 spiro atoms. The molecule has 4 N–H and O–H groups in total. The second-order valence-corrected chi connectivity index (χ2v) is 3.68. The van der Waals surface area contributed by atoms with Crippen molar-refractivity contribution in [2.24, 2.45) is 17.4 Å². The number of fused-ring (bicyclic) bond motifs is 2. The van der Waals surface area contributed by atoms with Crippen molar-refractivity contribution in [3.05, 3.63) is 0 Å². The molecule has 0 aromatic carbocycles. The van der Waals surface area contributed by atoms with Crippen molar-refractivity contribution in [1.82, 2.24) is 0 Å². The first-order chi connectivity index (χ1) is 4.21. The van der Waals surface area contributed by atoms with E-state index in [1.54, 1.807) is 0 Å². The number of rotatable bonds is 0. The Morgan fingerprint density at radius 3 is 2.09 bits per heavy atom. The lowest BCUT2D eigenvalue weighted by atomic mass is 9.90. The van der Waals surface area contributed by atoms with Gasteiger partial charge in [-0.05, 0) is 31.6 Å². The molecule has 2 aliphatic rings. The first-order valence-electron chi connectivity index (χ1n) is 3.75. The summed E-state index contributed by atoms with van der Waals surface area (Å²) in [5.74, 6) is 0.866. The first kappa shape index (κ1) is 11.5. The summed E-state index contributed by atoms with van der Waals surface area (Å²) in [6.45, 7) is 0. The van der Waals surface area contributed by atoms with Crippen LogP contribution in [0.4, 0.5) is 0 Å². The number of hydrogen-bond donors (Lipinski definition) is 2. The van der Waals surface area contributed by atoms with E-state index in [0.717, 1.165) is 5.92 Å². The summed E-state index contributed by atoms with van der Waals surface area (Å²) in [5, 5.41) is 0. The minimum atomic E-state index is 0. The quantitative estimate of drug-likeness (QED) is 0.612. The summed E-state index contributed by atoms with van der Waals surface area (Å²) in [5.41, 5.74) is 11.9. The van der Waals surface area contributed by atoms with Crippen LogP contribution in [0.3, 0.4) is 0 Å². The molecule has 11 heavy (non-hydrogen) atoms. The van der Waals surface area contributed by atoms with E-state index in [2.05, 4.69) is 0 Å². The van der Waals surface area contributed by atoms with Gasteiger partial charge in [-0.25, -0.2) is 0 Å². The fourth-order valence-electron chi connectivity index (χ4n) is 2.35. The van der Waals surface area contributed by atoms with Gasteiger partial charge in [0.1, 0.15) is 0 Å². The molecule has 0 aliphatic heterocycles. The van der Waals surface area contributed by atoms with Crippen molar-refractivity contribution in [2.45, 2.75) is 37.3 Å². The molecule has 3 atom stereocenters. The molecule has 4 heteroatoms. The van der Waals surface area contributed by atoms with Crippen molar-refractivity contribution in [3.63, 3.8) is 0 Å². The average molecular weight is 199 g/mol. The topological polar surface area (TPSA) is 52.0 Å². The maximum absolute atomic E-state index is 6.02. The first-order valence-corrected chi connectivity index (χ1v) is 3.75. The second-order valence-electron chi connectivity index (χ2n) is 3.68.